The Morgan fingerprint density at radius 1 is 1.38 bits per heavy atom. The molecular formula is C10H14N2O4. The minimum atomic E-state index is -0.401. The summed E-state index contributed by atoms with van der Waals surface area (Å²) in [5.74, 6) is -1.01. The zero-order valence-corrected chi connectivity index (χ0v) is 9.06. The molecule has 88 valence electrons. The summed E-state index contributed by atoms with van der Waals surface area (Å²) in [6.45, 7) is 0.438. The van der Waals surface area contributed by atoms with Crippen LogP contribution in [0.5, 0.6) is 0 Å². The Bertz CT molecular complexity index is 307. The molecule has 1 N–H and O–H groups in total. The molecule has 16 heavy (non-hydrogen) atoms. The van der Waals surface area contributed by atoms with Crippen molar-refractivity contribution in [2.75, 3.05) is 20.4 Å². The smallest absolute Gasteiger partial charge is 0.255 e. The predicted octanol–water partition coefficient (Wildman–Crippen LogP) is -0.588. The van der Waals surface area contributed by atoms with Crippen molar-refractivity contribution < 1.29 is 19.1 Å². The van der Waals surface area contributed by atoms with E-state index in [2.05, 4.69) is 5.32 Å². The number of nitrogens with zero attached hydrogens (tertiary/aromatic N) is 1. The SMILES string of the molecule is COCCCC(=O)NCN1C(=O)C=CC1=O. The molecule has 0 spiro atoms. The lowest BCUT2D eigenvalue weighted by Crippen LogP contribution is -2.41. The Kier molecular flexibility index (Phi) is 4.65. The van der Waals surface area contributed by atoms with E-state index in [1.54, 1.807) is 7.11 Å². The first kappa shape index (κ1) is 12.4. The van der Waals surface area contributed by atoms with Crippen molar-refractivity contribution in [3.8, 4) is 0 Å². The van der Waals surface area contributed by atoms with Crippen LogP contribution < -0.4 is 5.32 Å². The van der Waals surface area contributed by atoms with Crippen LogP contribution in [0.2, 0.25) is 0 Å². The molecule has 1 rings (SSSR count). The zero-order chi connectivity index (χ0) is 12.0. The molecule has 0 aromatic carbocycles. The summed E-state index contributed by atoms with van der Waals surface area (Å²) in [7, 11) is 1.56. The topological polar surface area (TPSA) is 75.7 Å². The second-order valence-corrected chi connectivity index (χ2v) is 3.29. The van der Waals surface area contributed by atoms with Gasteiger partial charge in [0.2, 0.25) is 5.91 Å². The van der Waals surface area contributed by atoms with Gasteiger partial charge in [0.15, 0.2) is 0 Å². The Morgan fingerprint density at radius 3 is 2.56 bits per heavy atom. The number of amides is 3. The number of methoxy groups -OCH3 is 1. The molecule has 1 aliphatic heterocycles. The Balaban J connectivity index is 2.22. The lowest BCUT2D eigenvalue weighted by Gasteiger charge is -2.14. The van der Waals surface area contributed by atoms with E-state index in [4.69, 9.17) is 4.74 Å². The zero-order valence-electron chi connectivity index (χ0n) is 9.06. The maximum Gasteiger partial charge on any atom is 0.255 e. The summed E-state index contributed by atoms with van der Waals surface area (Å²) in [5.41, 5.74) is 0. The standard InChI is InChI=1S/C10H14N2O4/c1-16-6-2-3-8(13)11-7-12-9(14)4-5-10(12)15/h4-5H,2-3,6-7H2,1H3,(H,11,13). The molecule has 0 saturated heterocycles. The molecule has 0 aliphatic carbocycles. The van der Waals surface area contributed by atoms with Gasteiger partial charge in [0.25, 0.3) is 11.8 Å². The Morgan fingerprint density at radius 2 is 2.00 bits per heavy atom. The third kappa shape index (κ3) is 3.47. The minimum absolute atomic E-state index is 0.0729. The Hall–Kier alpha value is -1.69. The van der Waals surface area contributed by atoms with Crippen LogP contribution in [-0.4, -0.2) is 43.0 Å². The van der Waals surface area contributed by atoms with Gasteiger partial charge in [0.05, 0.1) is 0 Å². The van der Waals surface area contributed by atoms with Crippen LogP contribution in [-0.2, 0) is 19.1 Å². The second kappa shape index (κ2) is 6.02. The van der Waals surface area contributed by atoms with Crippen LogP contribution >= 0.6 is 0 Å². The fourth-order valence-electron chi connectivity index (χ4n) is 1.22. The van der Waals surface area contributed by atoms with Crippen LogP contribution in [0, 0.1) is 0 Å². The third-order valence-corrected chi connectivity index (χ3v) is 2.09. The number of nitrogens with one attached hydrogen (secondary N) is 1. The highest BCUT2D eigenvalue weighted by molar-refractivity contribution is 6.12. The minimum Gasteiger partial charge on any atom is -0.385 e. The second-order valence-electron chi connectivity index (χ2n) is 3.29. The number of rotatable bonds is 6. The molecule has 0 aromatic rings. The monoisotopic (exact) mass is 226 g/mol. The van der Waals surface area contributed by atoms with Crippen LogP contribution in [0.4, 0.5) is 0 Å². The number of ether oxygens (including phenoxy) is 1. The van der Waals surface area contributed by atoms with Gasteiger partial charge in [-0.25, -0.2) is 0 Å². The fraction of sp³-hybridized carbons (Fsp3) is 0.500. The Labute approximate surface area is 93.2 Å². The number of hydrogen-bond acceptors (Lipinski definition) is 4. The van der Waals surface area contributed by atoms with E-state index in [0.717, 1.165) is 4.90 Å². The molecule has 0 radical (unpaired) electrons. The molecule has 0 atom stereocenters. The lowest BCUT2D eigenvalue weighted by molar-refractivity contribution is -0.137. The van der Waals surface area contributed by atoms with E-state index in [1.807, 2.05) is 0 Å². The first-order chi connectivity index (χ1) is 7.65. The summed E-state index contributed by atoms with van der Waals surface area (Å²) in [5, 5.41) is 2.49. The van der Waals surface area contributed by atoms with Gasteiger partial charge in [-0.1, -0.05) is 0 Å². The van der Waals surface area contributed by atoms with E-state index < -0.39 is 11.8 Å². The van der Waals surface area contributed by atoms with Gasteiger partial charge in [-0.05, 0) is 6.42 Å². The highest BCUT2D eigenvalue weighted by Crippen LogP contribution is 2.01. The molecule has 0 aromatic heterocycles. The molecule has 1 aliphatic rings. The van der Waals surface area contributed by atoms with Crippen molar-refractivity contribution in [1.82, 2.24) is 10.2 Å². The third-order valence-electron chi connectivity index (χ3n) is 2.09. The highest BCUT2D eigenvalue weighted by atomic mass is 16.5. The van der Waals surface area contributed by atoms with Gasteiger partial charge in [0.1, 0.15) is 6.67 Å². The van der Waals surface area contributed by atoms with E-state index >= 15 is 0 Å². The van der Waals surface area contributed by atoms with Crippen molar-refractivity contribution >= 4 is 17.7 Å². The van der Waals surface area contributed by atoms with Gasteiger partial charge in [-0.2, -0.15) is 0 Å². The summed E-state index contributed by atoms with van der Waals surface area (Å²) >= 11 is 0. The molecule has 0 unspecified atom stereocenters. The fourth-order valence-corrected chi connectivity index (χ4v) is 1.22. The molecule has 6 nitrogen and oxygen atoms in total. The quantitative estimate of drug-likeness (QED) is 0.485. The van der Waals surface area contributed by atoms with Crippen LogP contribution in [0.15, 0.2) is 12.2 Å². The predicted molar refractivity (Wildman–Crippen MR) is 55.1 cm³/mol. The molecule has 0 saturated carbocycles. The molecule has 1 heterocycles. The molecule has 3 amide bonds. The first-order valence-electron chi connectivity index (χ1n) is 4.94. The average Bonchev–Trinajstić information content (AvgIpc) is 2.57. The lowest BCUT2D eigenvalue weighted by atomic mass is 10.3. The van der Waals surface area contributed by atoms with Crippen LogP contribution in [0.25, 0.3) is 0 Å². The molecule has 0 fully saturated rings. The van der Waals surface area contributed by atoms with Crippen molar-refractivity contribution in [1.29, 1.82) is 0 Å². The average molecular weight is 226 g/mol. The van der Waals surface area contributed by atoms with Crippen molar-refractivity contribution in [2.24, 2.45) is 0 Å². The van der Waals surface area contributed by atoms with E-state index in [0.29, 0.717) is 19.4 Å². The van der Waals surface area contributed by atoms with Crippen molar-refractivity contribution in [3.63, 3.8) is 0 Å². The summed E-state index contributed by atoms with van der Waals surface area (Å²) in [4.78, 5) is 34.4. The van der Waals surface area contributed by atoms with E-state index in [1.165, 1.54) is 12.2 Å². The van der Waals surface area contributed by atoms with Gasteiger partial charge in [-0.3, -0.25) is 19.3 Å². The number of hydrogen-bond donors (Lipinski definition) is 1. The molecule has 6 heteroatoms. The van der Waals surface area contributed by atoms with Crippen molar-refractivity contribution in [3.05, 3.63) is 12.2 Å². The van der Waals surface area contributed by atoms with Gasteiger partial charge < -0.3 is 10.1 Å². The molecular weight excluding hydrogens is 212 g/mol. The van der Waals surface area contributed by atoms with Crippen molar-refractivity contribution in [2.45, 2.75) is 12.8 Å². The largest absolute Gasteiger partial charge is 0.385 e. The summed E-state index contributed by atoms with van der Waals surface area (Å²) in [6.07, 6.45) is 3.29. The first-order valence-corrected chi connectivity index (χ1v) is 4.94. The maximum atomic E-state index is 11.3. The van der Waals surface area contributed by atoms with Crippen LogP contribution in [0.3, 0.4) is 0 Å². The number of imide groups is 1. The number of carbonyl (C=O) groups excluding carboxylic acids is 3. The number of carbonyl (C=O) groups is 3. The van der Waals surface area contributed by atoms with Gasteiger partial charge in [-0.15, -0.1) is 0 Å². The normalized spacial score (nSPS) is 14.7. The maximum absolute atomic E-state index is 11.3. The summed E-state index contributed by atoms with van der Waals surface area (Å²) in [6, 6.07) is 0. The van der Waals surface area contributed by atoms with E-state index in [-0.39, 0.29) is 12.6 Å². The highest BCUT2D eigenvalue weighted by Gasteiger charge is 2.23. The van der Waals surface area contributed by atoms with Crippen LogP contribution in [0.1, 0.15) is 12.8 Å². The summed E-state index contributed by atoms with van der Waals surface area (Å²) < 4.78 is 4.80. The molecule has 0 bridgehead atoms. The van der Waals surface area contributed by atoms with E-state index in [9.17, 15) is 14.4 Å². The van der Waals surface area contributed by atoms with Gasteiger partial charge >= 0.3 is 0 Å². The van der Waals surface area contributed by atoms with Gasteiger partial charge in [0, 0.05) is 32.3 Å².